The summed E-state index contributed by atoms with van der Waals surface area (Å²) < 4.78 is 19.0. The number of piperazine rings is 1. The Morgan fingerprint density at radius 1 is 1.11 bits per heavy atom. The summed E-state index contributed by atoms with van der Waals surface area (Å²) in [5.41, 5.74) is 0. The second-order valence-electron chi connectivity index (χ2n) is 6.38. The second kappa shape index (κ2) is 9.86. The van der Waals surface area contributed by atoms with Crippen LogP contribution >= 0.6 is 22.9 Å². The molecule has 1 N–H and O–H groups in total. The molecular weight excluding hydrogens is 405 g/mol. The lowest BCUT2D eigenvalue weighted by atomic mass is 10.3. The molecule has 0 saturated carbocycles. The normalized spacial score (nSPS) is 14.7. The van der Waals surface area contributed by atoms with Gasteiger partial charge in [-0.2, -0.15) is 0 Å². The molecule has 0 bridgehead atoms. The molecule has 1 fully saturated rings. The maximum atomic E-state index is 12.9. The minimum atomic E-state index is -0.349. The van der Waals surface area contributed by atoms with Crippen molar-refractivity contribution in [2.45, 2.75) is 6.54 Å². The van der Waals surface area contributed by atoms with E-state index in [1.165, 1.54) is 35.6 Å². The summed E-state index contributed by atoms with van der Waals surface area (Å²) in [5, 5.41) is 2.88. The number of hydrogen-bond donors (Lipinski definition) is 1. The van der Waals surface area contributed by atoms with Crippen molar-refractivity contribution in [1.29, 1.82) is 0 Å². The predicted molar refractivity (Wildman–Crippen MR) is 106 cm³/mol. The SMILES string of the molecule is O=C(CN1CCN(C(=O)COc2ccc(F)cc2)CC1)NCc1ccc(Cl)s1. The zero-order valence-corrected chi connectivity index (χ0v) is 16.8. The zero-order chi connectivity index (χ0) is 19.9. The maximum Gasteiger partial charge on any atom is 0.260 e. The Hall–Kier alpha value is -2.16. The highest BCUT2D eigenvalue weighted by Gasteiger charge is 2.22. The maximum absolute atomic E-state index is 12.9. The van der Waals surface area contributed by atoms with E-state index >= 15 is 0 Å². The van der Waals surface area contributed by atoms with Gasteiger partial charge in [-0.15, -0.1) is 11.3 Å². The predicted octanol–water partition coefficient (Wildman–Crippen LogP) is 2.38. The lowest BCUT2D eigenvalue weighted by Gasteiger charge is -2.34. The standard InChI is InChI=1S/C19H21ClFN3O3S/c20-17-6-5-16(28-17)11-22-18(25)12-23-7-9-24(10-8-23)19(26)13-27-15-3-1-14(21)2-4-15/h1-6H,7-13H2,(H,22,25). The van der Waals surface area contributed by atoms with Crippen LogP contribution in [0.1, 0.15) is 4.88 Å². The van der Waals surface area contributed by atoms with E-state index in [1.54, 1.807) is 4.90 Å². The van der Waals surface area contributed by atoms with Crippen LogP contribution in [0.5, 0.6) is 5.75 Å². The molecule has 0 radical (unpaired) electrons. The van der Waals surface area contributed by atoms with Crippen molar-refractivity contribution < 1.29 is 18.7 Å². The fourth-order valence-corrected chi connectivity index (χ4v) is 3.84. The summed E-state index contributed by atoms with van der Waals surface area (Å²) in [6.45, 7) is 3.01. The third-order valence-corrected chi connectivity index (χ3v) is 5.59. The topological polar surface area (TPSA) is 61.9 Å². The third-order valence-electron chi connectivity index (χ3n) is 4.36. The molecule has 0 aliphatic carbocycles. The van der Waals surface area contributed by atoms with Gasteiger partial charge in [0.1, 0.15) is 11.6 Å². The van der Waals surface area contributed by atoms with E-state index in [4.69, 9.17) is 16.3 Å². The van der Waals surface area contributed by atoms with Gasteiger partial charge < -0.3 is 15.0 Å². The van der Waals surface area contributed by atoms with Gasteiger partial charge in [0.2, 0.25) is 5.91 Å². The molecule has 1 aliphatic heterocycles. The number of nitrogens with one attached hydrogen (secondary N) is 1. The molecule has 0 unspecified atom stereocenters. The highest BCUT2D eigenvalue weighted by molar-refractivity contribution is 7.16. The first-order valence-electron chi connectivity index (χ1n) is 8.89. The van der Waals surface area contributed by atoms with E-state index < -0.39 is 0 Å². The molecule has 28 heavy (non-hydrogen) atoms. The monoisotopic (exact) mass is 425 g/mol. The molecular formula is C19H21ClFN3O3S. The van der Waals surface area contributed by atoms with Crippen LogP contribution in [-0.4, -0.2) is 60.9 Å². The number of rotatable bonds is 7. The van der Waals surface area contributed by atoms with Crippen molar-refractivity contribution in [3.8, 4) is 5.75 Å². The van der Waals surface area contributed by atoms with Crippen molar-refractivity contribution in [2.75, 3.05) is 39.3 Å². The molecule has 0 spiro atoms. The first kappa shape index (κ1) is 20.6. The average Bonchev–Trinajstić information content (AvgIpc) is 3.11. The van der Waals surface area contributed by atoms with Crippen molar-refractivity contribution in [3.05, 3.63) is 51.4 Å². The highest BCUT2D eigenvalue weighted by Crippen LogP contribution is 2.21. The molecule has 1 aromatic heterocycles. The minimum Gasteiger partial charge on any atom is -0.484 e. The lowest BCUT2D eigenvalue weighted by molar-refractivity contribution is -0.135. The fourth-order valence-electron chi connectivity index (χ4n) is 2.81. The number of hydrogen-bond acceptors (Lipinski definition) is 5. The van der Waals surface area contributed by atoms with Crippen LogP contribution in [0, 0.1) is 5.82 Å². The van der Waals surface area contributed by atoms with Crippen LogP contribution in [0.25, 0.3) is 0 Å². The molecule has 2 aromatic rings. The summed E-state index contributed by atoms with van der Waals surface area (Å²) in [5.74, 6) is -0.0675. The number of ether oxygens (including phenoxy) is 1. The summed E-state index contributed by atoms with van der Waals surface area (Å²) in [7, 11) is 0. The highest BCUT2D eigenvalue weighted by atomic mass is 35.5. The molecule has 6 nitrogen and oxygen atoms in total. The van der Waals surface area contributed by atoms with Gasteiger partial charge in [0.25, 0.3) is 5.91 Å². The Balaban J connectivity index is 1.34. The first-order chi connectivity index (χ1) is 13.5. The third kappa shape index (κ3) is 6.19. The van der Waals surface area contributed by atoms with Crippen LogP contribution in [0.2, 0.25) is 4.34 Å². The number of thiophene rings is 1. The van der Waals surface area contributed by atoms with Crippen LogP contribution in [0.4, 0.5) is 4.39 Å². The van der Waals surface area contributed by atoms with E-state index in [-0.39, 0.29) is 24.2 Å². The van der Waals surface area contributed by atoms with E-state index in [0.717, 1.165) is 4.88 Å². The van der Waals surface area contributed by atoms with Crippen LogP contribution in [0.15, 0.2) is 36.4 Å². The molecule has 1 aromatic carbocycles. The summed E-state index contributed by atoms with van der Waals surface area (Å²) in [6, 6.07) is 9.26. The number of carbonyl (C=O) groups excluding carboxylic acids is 2. The van der Waals surface area contributed by atoms with Crippen molar-refractivity contribution in [3.63, 3.8) is 0 Å². The summed E-state index contributed by atoms with van der Waals surface area (Å²) >= 11 is 7.32. The minimum absolute atomic E-state index is 0.0519. The number of carbonyl (C=O) groups is 2. The molecule has 1 aliphatic rings. The van der Waals surface area contributed by atoms with Gasteiger partial charge in [0.05, 0.1) is 17.4 Å². The average molecular weight is 426 g/mol. The first-order valence-corrected chi connectivity index (χ1v) is 10.1. The molecule has 1 saturated heterocycles. The van der Waals surface area contributed by atoms with Gasteiger partial charge in [0.15, 0.2) is 6.61 Å². The lowest BCUT2D eigenvalue weighted by Crippen LogP contribution is -2.52. The van der Waals surface area contributed by atoms with Crippen LogP contribution < -0.4 is 10.1 Å². The number of halogens is 2. The number of amides is 2. The number of benzene rings is 1. The largest absolute Gasteiger partial charge is 0.484 e. The fraction of sp³-hybridized carbons (Fsp3) is 0.368. The van der Waals surface area contributed by atoms with E-state index in [0.29, 0.717) is 49.4 Å². The van der Waals surface area contributed by atoms with Crippen LogP contribution in [0.3, 0.4) is 0 Å². The van der Waals surface area contributed by atoms with Crippen LogP contribution in [-0.2, 0) is 16.1 Å². The van der Waals surface area contributed by atoms with Gasteiger partial charge in [-0.05, 0) is 36.4 Å². The Labute approximate surface area is 171 Å². The quantitative estimate of drug-likeness (QED) is 0.739. The van der Waals surface area contributed by atoms with Crippen molar-refractivity contribution in [2.24, 2.45) is 0 Å². The van der Waals surface area contributed by atoms with Gasteiger partial charge in [-0.3, -0.25) is 14.5 Å². The van der Waals surface area contributed by atoms with E-state index in [1.807, 2.05) is 17.0 Å². The Morgan fingerprint density at radius 3 is 2.46 bits per heavy atom. The summed E-state index contributed by atoms with van der Waals surface area (Å²) in [4.78, 5) is 29.1. The van der Waals surface area contributed by atoms with Crippen molar-refractivity contribution >= 4 is 34.8 Å². The molecule has 150 valence electrons. The Morgan fingerprint density at radius 2 is 1.82 bits per heavy atom. The molecule has 3 rings (SSSR count). The zero-order valence-electron chi connectivity index (χ0n) is 15.2. The Kier molecular flexibility index (Phi) is 7.24. The second-order valence-corrected chi connectivity index (χ2v) is 8.18. The van der Waals surface area contributed by atoms with Gasteiger partial charge in [0, 0.05) is 31.1 Å². The molecule has 2 amide bonds. The van der Waals surface area contributed by atoms with E-state index in [9.17, 15) is 14.0 Å². The molecule has 2 heterocycles. The van der Waals surface area contributed by atoms with Gasteiger partial charge in [-0.1, -0.05) is 11.6 Å². The Bertz CT molecular complexity index is 807. The van der Waals surface area contributed by atoms with Crippen molar-refractivity contribution in [1.82, 2.24) is 15.1 Å². The van der Waals surface area contributed by atoms with Gasteiger partial charge in [-0.25, -0.2) is 4.39 Å². The van der Waals surface area contributed by atoms with Gasteiger partial charge >= 0.3 is 0 Å². The number of nitrogens with zero attached hydrogens (tertiary/aromatic N) is 2. The van der Waals surface area contributed by atoms with E-state index in [2.05, 4.69) is 5.32 Å². The molecule has 9 heteroatoms. The molecule has 0 atom stereocenters. The summed E-state index contributed by atoms with van der Waals surface area (Å²) in [6.07, 6.45) is 0. The smallest absolute Gasteiger partial charge is 0.260 e.